The van der Waals surface area contributed by atoms with Crippen LogP contribution in [0.1, 0.15) is 29.7 Å². The molecule has 2 rings (SSSR count). The van der Waals surface area contributed by atoms with Gasteiger partial charge in [0.2, 0.25) is 10.0 Å². The Morgan fingerprint density at radius 2 is 1.75 bits per heavy atom. The first-order valence-corrected chi connectivity index (χ1v) is 9.27. The molecule has 0 unspecified atom stereocenters. The van der Waals surface area contributed by atoms with Gasteiger partial charge in [0.1, 0.15) is 0 Å². The van der Waals surface area contributed by atoms with Crippen molar-refractivity contribution in [2.45, 2.75) is 25.6 Å². The monoisotopic (exact) mass is 349 g/mol. The predicted molar refractivity (Wildman–Crippen MR) is 94.9 cm³/mol. The van der Waals surface area contributed by atoms with Crippen molar-refractivity contribution < 1.29 is 17.9 Å². The zero-order valence-electron chi connectivity index (χ0n) is 14.4. The third kappa shape index (κ3) is 4.72. The first-order chi connectivity index (χ1) is 11.3. The first-order valence-electron chi connectivity index (χ1n) is 7.62. The zero-order valence-corrected chi connectivity index (χ0v) is 15.2. The summed E-state index contributed by atoms with van der Waals surface area (Å²) in [5.74, 6) is 1.13. The maximum absolute atomic E-state index is 12.4. The summed E-state index contributed by atoms with van der Waals surface area (Å²) in [7, 11) is -0.345. The van der Waals surface area contributed by atoms with E-state index in [0.29, 0.717) is 11.5 Å². The van der Waals surface area contributed by atoms with E-state index in [1.165, 1.54) is 0 Å². The Morgan fingerprint density at radius 3 is 2.38 bits per heavy atom. The number of ether oxygens (including phenoxy) is 2. The molecule has 0 saturated heterocycles. The highest BCUT2D eigenvalue weighted by atomic mass is 32.2. The number of hydrogen-bond acceptors (Lipinski definition) is 4. The fourth-order valence-electron chi connectivity index (χ4n) is 2.52. The second-order valence-corrected chi connectivity index (χ2v) is 7.46. The minimum absolute atomic E-state index is 0.0493. The maximum atomic E-state index is 12.4. The zero-order chi connectivity index (χ0) is 17.7. The van der Waals surface area contributed by atoms with E-state index in [2.05, 4.69) is 4.72 Å². The molecule has 130 valence electrons. The van der Waals surface area contributed by atoms with Crippen LogP contribution in [0.15, 0.2) is 42.5 Å². The summed E-state index contributed by atoms with van der Waals surface area (Å²) in [4.78, 5) is 0. The summed E-state index contributed by atoms with van der Waals surface area (Å²) in [6.07, 6.45) is 0. The molecule has 2 aromatic carbocycles. The average molecular weight is 349 g/mol. The molecule has 24 heavy (non-hydrogen) atoms. The summed E-state index contributed by atoms with van der Waals surface area (Å²) in [6, 6.07) is 12.5. The van der Waals surface area contributed by atoms with Crippen LogP contribution < -0.4 is 14.2 Å². The van der Waals surface area contributed by atoms with Gasteiger partial charge in [-0.15, -0.1) is 0 Å². The van der Waals surface area contributed by atoms with Crippen LogP contribution in [0.4, 0.5) is 0 Å². The molecule has 0 aliphatic heterocycles. The van der Waals surface area contributed by atoms with Crippen molar-refractivity contribution in [2.75, 3.05) is 14.2 Å². The van der Waals surface area contributed by atoms with Crippen molar-refractivity contribution in [3.8, 4) is 11.5 Å². The second-order valence-electron chi connectivity index (χ2n) is 5.70. The van der Waals surface area contributed by atoms with Crippen LogP contribution in [0, 0.1) is 6.92 Å². The smallest absolute Gasteiger partial charge is 0.216 e. The molecule has 6 heteroatoms. The van der Waals surface area contributed by atoms with Crippen LogP contribution in [0.3, 0.4) is 0 Å². The molecule has 0 aliphatic carbocycles. The lowest BCUT2D eigenvalue weighted by Gasteiger charge is -2.17. The lowest BCUT2D eigenvalue weighted by molar-refractivity contribution is 0.354. The van der Waals surface area contributed by atoms with E-state index in [9.17, 15) is 8.42 Å². The molecule has 0 aromatic heterocycles. The third-order valence-electron chi connectivity index (χ3n) is 3.70. The second kappa shape index (κ2) is 7.68. The summed E-state index contributed by atoms with van der Waals surface area (Å²) in [6.45, 7) is 3.74. The van der Waals surface area contributed by atoms with Crippen molar-refractivity contribution in [1.82, 2.24) is 4.72 Å². The highest BCUT2D eigenvalue weighted by Gasteiger charge is 2.18. The molecule has 0 spiro atoms. The number of nitrogens with one attached hydrogen (secondary N) is 1. The number of benzene rings is 2. The van der Waals surface area contributed by atoms with Gasteiger partial charge in [-0.25, -0.2) is 13.1 Å². The van der Waals surface area contributed by atoms with E-state index in [1.807, 2.05) is 37.3 Å². The Labute approximate surface area is 143 Å². The first kappa shape index (κ1) is 18.3. The third-order valence-corrected chi connectivity index (χ3v) is 5.13. The van der Waals surface area contributed by atoms with Gasteiger partial charge in [0.05, 0.1) is 20.0 Å². The van der Waals surface area contributed by atoms with Gasteiger partial charge in [-0.1, -0.05) is 35.9 Å². The summed E-state index contributed by atoms with van der Waals surface area (Å²) < 4.78 is 38.0. The van der Waals surface area contributed by atoms with Gasteiger partial charge in [0.25, 0.3) is 0 Å². The summed E-state index contributed by atoms with van der Waals surface area (Å²) in [5, 5.41) is 0. The molecule has 0 radical (unpaired) electrons. The normalized spacial score (nSPS) is 12.7. The molecule has 1 atom stereocenters. The quantitative estimate of drug-likeness (QED) is 0.834. The van der Waals surface area contributed by atoms with Crippen LogP contribution in [0.25, 0.3) is 0 Å². The van der Waals surface area contributed by atoms with Gasteiger partial charge in [0, 0.05) is 6.04 Å². The molecule has 2 aromatic rings. The number of aryl methyl sites for hydroxylation is 1. The minimum Gasteiger partial charge on any atom is -0.493 e. The Bertz CT molecular complexity index is 802. The molecular formula is C18H23NO4S. The SMILES string of the molecule is COc1ccc([C@H](C)NS(=O)(=O)Cc2cccc(C)c2)cc1OC. The number of methoxy groups -OCH3 is 2. The van der Waals surface area contributed by atoms with E-state index < -0.39 is 10.0 Å². The van der Waals surface area contributed by atoms with Gasteiger partial charge in [-0.3, -0.25) is 0 Å². The highest BCUT2D eigenvalue weighted by Crippen LogP contribution is 2.30. The molecule has 0 amide bonds. The summed E-state index contributed by atoms with van der Waals surface area (Å²) >= 11 is 0. The summed E-state index contributed by atoms with van der Waals surface area (Å²) in [5.41, 5.74) is 2.61. The van der Waals surface area contributed by atoms with E-state index >= 15 is 0 Å². The van der Waals surface area contributed by atoms with E-state index in [4.69, 9.17) is 9.47 Å². The maximum Gasteiger partial charge on any atom is 0.216 e. The fourth-order valence-corrected chi connectivity index (χ4v) is 3.90. The van der Waals surface area contributed by atoms with Gasteiger partial charge in [0.15, 0.2) is 11.5 Å². The molecule has 0 heterocycles. The molecule has 0 fully saturated rings. The van der Waals surface area contributed by atoms with Crippen LogP contribution in [-0.4, -0.2) is 22.6 Å². The Hall–Kier alpha value is -2.05. The van der Waals surface area contributed by atoms with E-state index in [0.717, 1.165) is 16.7 Å². The topological polar surface area (TPSA) is 64.6 Å². The van der Waals surface area contributed by atoms with Gasteiger partial charge < -0.3 is 9.47 Å². The van der Waals surface area contributed by atoms with Crippen molar-refractivity contribution in [3.63, 3.8) is 0 Å². The molecule has 0 saturated carbocycles. The molecule has 5 nitrogen and oxygen atoms in total. The highest BCUT2D eigenvalue weighted by molar-refractivity contribution is 7.88. The van der Waals surface area contributed by atoms with Crippen molar-refractivity contribution in [1.29, 1.82) is 0 Å². The largest absolute Gasteiger partial charge is 0.493 e. The van der Waals surface area contributed by atoms with Gasteiger partial charge in [-0.2, -0.15) is 0 Å². The van der Waals surface area contributed by atoms with Gasteiger partial charge in [-0.05, 0) is 37.1 Å². The Balaban J connectivity index is 2.14. The van der Waals surface area contributed by atoms with Gasteiger partial charge >= 0.3 is 0 Å². The van der Waals surface area contributed by atoms with Crippen molar-refractivity contribution in [2.24, 2.45) is 0 Å². The van der Waals surface area contributed by atoms with Crippen LogP contribution in [0.2, 0.25) is 0 Å². The number of sulfonamides is 1. The lowest BCUT2D eigenvalue weighted by atomic mass is 10.1. The van der Waals surface area contributed by atoms with Crippen LogP contribution >= 0.6 is 0 Å². The lowest BCUT2D eigenvalue weighted by Crippen LogP contribution is -2.28. The number of rotatable bonds is 7. The molecule has 1 N–H and O–H groups in total. The Kier molecular flexibility index (Phi) is 5.85. The molecular weight excluding hydrogens is 326 g/mol. The van der Waals surface area contributed by atoms with Crippen LogP contribution in [-0.2, 0) is 15.8 Å². The fraction of sp³-hybridized carbons (Fsp3) is 0.333. The molecule has 0 bridgehead atoms. The van der Waals surface area contributed by atoms with E-state index in [-0.39, 0.29) is 11.8 Å². The van der Waals surface area contributed by atoms with Crippen molar-refractivity contribution >= 4 is 10.0 Å². The number of hydrogen-bond donors (Lipinski definition) is 1. The minimum atomic E-state index is -3.46. The average Bonchev–Trinajstić information content (AvgIpc) is 2.53. The van der Waals surface area contributed by atoms with Crippen LogP contribution in [0.5, 0.6) is 11.5 Å². The van der Waals surface area contributed by atoms with Crippen molar-refractivity contribution in [3.05, 3.63) is 59.2 Å². The van der Waals surface area contributed by atoms with E-state index in [1.54, 1.807) is 33.3 Å². The standard InChI is InChI=1S/C18H23NO4S/c1-13-6-5-7-15(10-13)12-24(20,21)19-14(2)16-8-9-17(22-3)18(11-16)23-4/h5-11,14,19H,12H2,1-4H3/t14-/m0/s1. The Morgan fingerprint density at radius 1 is 1.04 bits per heavy atom. The predicted octanol–water partition coefficient (Wildman–Crippen LogP) is 3.19. The molecule has 0 aliphatic rings.